The fraction of sp³-hybridized carbons (Fsp3) is 0. The minimum atomic E-state index is -2.33. The number of rotatable bonds is 0. The van der Waals surface area contributed by atoms with Crippen molar-refractivity contribution in [3.63, 3.8) is 0 Å². The fourth-order valence-electron chi connectivity index (χ4n) is 0.585. The molecule has 0 aromatic heterocycles. The fourth-order valence-corrected chi connectivity index (χ4v) is 0.585. The third-order valence-corrected chi connectivity index (χ3v) is 1.17. The summed E-state index contributed by atoms with van der Waals surface area (Å²) in [7, 11) is 0. The van der Waals surface area contributed by atoms with Crippen LogP contribution in [0.1, 0.15) is 0 Å². The van der Waals surface area contributed by atoms with Gasteiger partial charge < -0.3 is 5.11 Å². The van der Waals surface area contributed by atoms with Gasteiger partial charge in [-0.1, -0.05) is 0 Å². The van der Waals surface area contributed by atoms with Crippen molar-refractivity contribution >= 4 is 0 Å². The number of benzene rings is 1. The summed E-state index contributed by atoms with van der Waals surface area (Å²) in [6.45, 7) is 0. The molecule has 1 aromatic rings. The maximum atomic E-state index is 12.1. The molecule has 1 nitrogen and oxygen atoms in total. The van der Waals surface area contributed by atoms with Crippen LogP contribution in [0.3, 0.4) is 0 Å². The number of hydrogen-bond donors (Lipinski definition) is 0. The van der Waals surface area contributed by atoms with Gasteiger partial charge in [-0.3, -0.25) is 0 Å². The molecule has 7 heteroatoms. The first-order valence-corrected chi connectivity index (χ1v) is 2.65. The quantitative estimate of drug-likeness (QED) is 0.218. The molecule has 13 heavy (non-hydrogen) atoms. The van der Waals surface area contributed by atoms with Crippen molar-refractivity contribution in [1.82, 2.24) is 0 Å². The SMILES string of the molecule is [Na+].[O-]c1c(F)c(F)c(F)c(F)c1F. The van der Waals surface area contributed by atoms with Crippen LogP contribution in [-0.4, -0.2) is 0 Å². The molecule has 0 unspecified atom stereocenters. The van der Waals surface area contributed by atoms with Gasteiger partial charge in [0.15, 0.2) is 29.1 Å². The van der Waals surface area contributed by atoms with Crippen molar-refractivity contribution in [1.29, 1.82) is 0 Å². The maximum Gasteiger partial charge on any atom is 1.00 e. The molecule has 0 amide bonds. The van der Waals surface area contributed by atoms with E-state index in [-0.39, 0.29) is 29.6 Å². The Balaban J connectivity index is 0.00000144. The average Bonchev–Trinajstić information content (AvgIpc) is 2.08. The molecule has 0 saturated carbocycles. The summed E-state index contributed by atoms with van der Waals surface area (Å²) in [5.41, 5.74) is 0. The van der Waals surface area contributed by atoms with E-state index in [9.17, 15) is 27.1 Å². The molecule has 0 aliphatic heterocycles. The van der Waals surface area contributed by atoms with Crippen molar-refractivity contribution in [3.8, 4) is 5.75 Å². The van der Waals surface area contributed by atoms with Gasteiger partial charge in [-0.25, -0.2) is 22.0 Å². The molecule has 1 rings (SSSR count). The standard InChI is InChI=1S/C6HF5O.Na/c7-1-2(8)4(10)6(12)5(11)3(1)9;/h12H;/q;+1/p-1. The summed E-state index contributed by atoms with van der Waals surface area (Å²) >= 11 is 0. The Morgan fingerprint density at radius 1 is 0.615 bits per heavy atom. The number of halogens is 5. The minimum absolute atomic E-state index is 0. The van der Waals surface area contributed by atoms with E-state index in [1.54, 1.807) is 0 Å². The second-order valence-corrected chi connectivity index (χ2v) is 1.90. The largest absolute Gasteiger partial charge is 1.00 e. The maximum absolute atomic E-state index is 12.1. The minimum Gasteiger partial charge on any atom is -0.868 e. The van der Waals surface area contributed by atoms with Crippen LogP contribution in [0, 0.1) is 29.1 Å². The summed E-state index contributed by atoms with van der Waals surface area (Å²) in [6.07, 6.45) is 0. The van der Waals surface area contributed by atoms with E-state index in [0.29, 0.717) is 0 Å². The van der Waals surface area contributed by atoms with Gasteiger partial charge in [-0.05, 0) is 5.75 Å². The van der Waals surface area contributed by atoms with Gasteiger partial charge in [0.05, 0.1) is 0 Å². The molecule has 66 valence electrons. The summed E-state index contributed by atoms with van der Waals surface area (Å²) in [6, 6.07) is 0. The predicted molar refractivity (Wildman–Crippen MR) is 25.7 cm³/mol. The van der Waals surface area contributed by atoms with Crippen LogP contribution in [0.4, 0.5) is 22.0 Å². The van der Waals surface area contributed by atoms with Gasteiger partial charge in [0.2, 0.25) is 0 Å². The van der Waals surface area contributed by atoms with E-state index in [1.165, 1.54) is 0 Å². The molecule has 0 fully saturated rings. The van der Waals surface area contributed by atoms with Gasteiger partial charge in [-0.2, -0.15) is 0 Å². The molecule has 0 radical (unpaired) electrons. The van der Waals surface area contributed by atoms with Crippen LogP contribution < -0.4 is 34.7 Å². The van der Waals surface area contributed by atoms with Crippen molar-refractivity contribution in [3.05, 3.63) is 29.1 Å². The van der Waals surface area contributed by atoms with E-state index in [2.05, 4.69) is 0 Å². The summed E-state index contributed by atoms with van der Waals surface area (Å²) in [5.74, 6) is -13.6. The first-order valence-electron chi connectivity index (χ1n) is 2.65. The zero-order valence-electron chi connectivity index (χ0n) is 6.30. The topological polar surface area (TPSA) is 23.1 Å². The van der Waals surface area contributed by atoms with E-state index in [1.807, 2.05) is 0 Å². The second kappa shape index (κ2) is 4.26. The Bertz CT molecular complexity index is 235. The van der Waals surface area contributed by atoms with E-state index >= 15 is 0 Å². The Hall–Kier alpha value is -0.330. The first-order chi connectivity index (χ1) is 5.46. The van der Waals surface area contributed by atoms with Crippen LogP contribution in [0.5, 0.6) is 5.75 Å². The molecule has 0 aliphatic carbocycles. The van der Waals surface area contributed by atoms with Gasteiger partial charge in [0, 0.05) is 0 Å². The molecule has 0 atom stereocenters. The van der Waals surface area contributed by atoms with Crippen LogP contribution >= 0.6 is 0 Å². The van der Waals surface area contributed by atoms with Gasteiger partial charge in [0.25, 0.3) is 0 Å². The smallest absolute Gasteiger partial charge is 0.868 e. The zero-order chi connectivity index (χ0) is 9.46. The van der Waals surface area contributed by atoms with Crippen LogP contribution in [0.25, 0.3) is 0 Å². The molecule has 0 bridgehead atoms. The summed E-state index contributed by atoms with van der Waals surface area (Å²) in [5, 5.41) is 10.2. The zero-order valence-corrected chi connectivity index (χ0v) is 8.30. The third kappa shape index (κ3) is 1.95. The van der Waals surface area contributed by atoms with Crippen LogP contribution in [0.15, 0.2) is 0 Å². The van der Waals surface area contributed by atoms with Crippen molar-refractivity contribution in [2.75, 3.05) is 0 Å². The molecular formula is C6F5NaO. The normalized spacial score (nSPS) is 9.62. The Morgan fingerprint density at radius 2 is 0.846 bits per heavy atom. The van der Waals surface area contributed by atoms with Crippen molar-refractivity contribution < 1.29 is 56.6 Å². The monoisotopic (exact) mass is 206 g/mol. The van der Waals surface area contributed by atoms with Crippen molar-refractivity contribution in [2.24, 2.45) is 0 Å². The first kappa shape index (κ1) is 12.7. The van der Waals surface area contributed by atoms with Gasteiger partial charge in [0.1, 0.15) is 0 Å². The number of hydrogen-bond acceptors (Lipinski definition) is 1. The van der Waals surface area contributed by atoms with Crippen LogP contribution in [0.2, 0.25) is 0 Å². The molecule has 0 heterocycles. The van der Waals surface area contributed by atoms with Crippen LogP contribution in [-0.2, 0) is 0 Å². The average molecular weight is 206 g/mol. The molecule has 0 saturated heterocycles. The molecule has 0 spiro atoms. The van der Waals surface area contributed by atoms with E-state index in [4.69, 9.17) is 0 Å². The summed E-state index contributed by atoms with van der Waals surface area (Å²) in [4.78, 5) is 0. The van der Waals surface area contributed by atoms with E-state index in [0.717, 1.165) is 0 Å². The summed E-state index contributed by atoms with van der Waals surface area (Å²) < 4.78 is 60.4. The third-order valence-electron chi connectivity index (χ3n) is 1.17. The van der Waals surface area contributed by atoms with E-state index < -0.39 is 34.8 Å². The Kier molecular flexibility index (Phi) is 4.15. The Labute approximate surface area is 91.5 Å². The Morgan fingerprint density at radius 3 is 1.15 bits per heavy atom. The predicted octanol–water partition coefficient (Wildman–Crippen LogP) is -1.54. The van der Waals surface area contributed by atoms with Gasteiger partial charge >= 0.3 is 29.6 Å². The molecule has 1 aromatic carbocycles. The second-order valence-electron chi connectivity index (χ2n) is 1.90. The molecule has 0 aliphatic rings. The molecule has 0 N–H and O–H groups in total. The molecular weight excluding hydrogens is 206 g/mol. The van der Waals surface area contributed by atoms with Crippen molar-refractivity contribution in [2.45, 2.75) is 0 Å². The van der Waals surface area contributed by atoms with Gasteiger partial charge in [-0.15, -0.1) is 0 Å².